The lowest BCUT2D eigenvalue weighted by Crippen LogP contribution is -2.45. The summed E-state index contributed by atoms with van der Waals surface area (Å²) in [5.41, 5.74) is 2.38. The zero-order chi connectivity index (χ0) is 15.9. The number of aliphatic hydroxyl groups is 1. The lowest BCUT2D eigenvalue weighted by molar-refractivity contribution is -0.125. The van der Waals surface area contributed by atoms with Crippen LogP contribution in [0.1, 0.15) is 11.1 Å². The number of hydrogen-bond acceptors (Lipinski definition) is 5. The van der Waals surface area contributed by atoms with Gasteiger partial charge in [-0.25, -0.2) is 0 Å². The number of benzene rings is 1. The number of carbonyl (C=O) groups excluding carboxylic acids is 1. The van der Waals surface area contributed by atoms with Gasteiger partial charge >= 0.3 is 0 Å². The maximum Gasteiger partial charge on any atom is 0.246 e. The van der Waals surface area contributed by atoms with Gasteiger partial charge in [-0.2, -0.15) is 0 Å². The molecule has 1 amide bonds. The van der Waals surface area contributed by atoms with Crippen molar-refractivity contribution in [3.63, 3.8) is 0 Å². The number of ether oxygens (including phenoxy) is 2. The number of nitrogens with one attached hydrogen (secondary N) is 2. The van der Waals surface area contributed by atoms with E-state index in [1.54, 1.807) is 0 Å². The summed E-state index contributed by atoms with van der Waals surface area (Å²) in [4.78, 5) is 11.3. The Balaban J connectivity index is 1.75. The van der Waals surface area contributed by atoms with Gasteiger partial charge in [0.2, 0.25) is 5.91 Å². The summed E-state index contributed by atoms with van der Waals surface area (Å²) in [7, 11) is 1.46. The van der Waals surface area contributed by atoms with Crippen LogP contribution in [0.2, 0.25) is 0 Å². The molecule has 0 saturated carbocycles. The van der Waals surface area contributed by atoms with Crippen LogP contribution in [0.25, 0.3) is 0 Å². The number of amides is 1. The summed E-state index contributed by atoms with van der Waals surface area (Å²) in [6.07, 6.45) is -1.04. The van der Waals surface area contributed by atoms with Crippen LogP contribution in [0.3, 0.4) is 0 Å². The van der Waals surface area contributed by atoms with Gasteiger partial charge in [-0.05, 0) is 12.5 Å². The van der Waals surface area contributed by atoms with E-state index >= 15 is 0 Å². The molecule has 0 radical (unpaired) electrons. The molecule has 22 heavy (non-hydrogen) atoms. The minimum atomic E-state index is -0.645. The quantitative estimate of drug-likeness (QED) is 0.659. The van der Waals surface area contributed by atoms with Crippen molar-refractivity contribution in [1.29, 1.82) is 0 Å². The lowest BCUT2D eigenvalue weighted by Gasteiger charge is -2.19. The Hall–Kier alpha value is -1.47. The Morgan fingerprint density at radius 3 is 2.82 bits per heavy atom. The molecule has 122 valence electrons. The van der Waals surface area contributed by atoms with Crippen molar-refractivity contribution >= 4 is 5.91 Å². The maximum atomic E-state index is 11.3. The maximum absolute atomic E-state index is 11.3. The minimum Gasteiger partial charge on any atom is -0.389 e. The van der Waals surface area contributed by atoms with Gasteiger partial charge in [0.1, 0.15) is 12.7 Å². The third-order valence-electron chi connectivity index (χ3n) is 3.75. The molecule has 1 aromatic rings. The highest BCUT2D eigenvalue weighted by Gasteiger charge is 2.35. The second kappa shape index (κ2) is 8.24. The first-order valence-corrected chi connectivity index (χ1v) is 7.44. The molecular formula is C16H24N2O4. The molecule has 1 aromatic carbocycles. The molecule has 6 nitrogen and oxygen atoms in total. The standard InChI is InChI=1S/C16H24N2O4/c1-11-3-5-12(6-4-11)7-17-13-9-22-14(16(13)20)8-18-15(19)10-21-2/h3-6,13-14,16-17,20H,7-10H2,1-2H3,(H,18,19)/t13-,14-,16+/m1/s1. The Morgan fingerprint density at radius 2 is 2.14 bits per heavy atom. The van der Waals surface area contributed by atoms with Crippen molar-refractivity contribution in [3.05, 3.63) is 35.4 Å². The largest absolute Gasteiger partial charge is 0.389 e. The monoisotopic (exact) mass is 308 g/mol. The van der Waals surface area contributed by atoms with Crippen molar-refractivity contribution < 1.29 is 19.4 Å². The molecule has 0 aliphatic carbocycles. The van der Waals surface area contributed by atoms with Crippen molar-refractivity contribution in [2.45, 2.75) is 31.7 Å². The Morgan fingerprint density at radius 1 is 1.41 bits per heavy atom. The summed E-state index contributed by atoms with van der Waals surface area (Å²) in [6, 6.07) is 8.12. The summed E-state index contributed by atoms with van der Waals surface area (Å²) in [5.74, 6) is -0.214. The highest BCUT2D eigenvalue weighted by molar-refractivity contribution is 5.77. The fraction of sp³-hybridized carbons (Fsp3) is 0.562. The van der Waals surface area contributed by atoms with Gasteiger partial charge in [0, 0.05) is 20.2 Å². The van der Waals surface area contributed by atoms with E-state index < -0.39 is 12.2 Å². The predicted octanol–water partition coefficient (Wildman–Crippen LogP) is -0.0245. The topological polar surface area (TPSA) is 79.8 Å². The zero-order valence-corrected chi connectivity index (χ0v) is 13.0. The number of aryl methyl sites for hydroxylation is 1. The third kappa shape index (κ3) is 4.78. The van der Waals surface area contributed by atoms with Crippen LogP contribution >= 0.6 is 0 Å². The van der Waals surface area contributed by atoms with Crippen LogP contribution in [-0.4, -0.2) is 56.1 Å². The van der Waals surface area contributed by atoms with Gasteiger partial charge in [0.05, 0.1) is 18.8 Å². The third-order valence-corrected chi connectivity index (χ3v) is 3.75. The second-order valence-corrected chi connectivity index (χ2v) is 5.57. The van der Waals surface area contributed by atoms with Gasteiger partial charge < -0.3 is 25.2 Å². The Bertz CT molecular complexity index is 478. The Labute approximate surface area is 130 Å². The predicted molar refractivity (Wildman–Crippen MR) is 82.4 cm³/mol. The van der Waals surface area contributed by atoms with Crippen LogP contribution < -0.4 is 10.6 Å². The van der Waals surface area contributed by atoms with Crippen LogP contribution in [0.15, 0.2) is 24.3 Å². The normalized spacial score (nSPS) is 24.4. The molecule has 0 bridgehead atoms. The Kier molecular flexibility index (Phi) is 6.33. The van der Waals surface area contributed by atoms with E-state index in [9.17, 15) is 9.90 Å². The molecule has 1 aliphatic heterocycles. The number of carbonyl (C=O) groups is 1. The van der Waals surface area contributed by atoms with Gasteiger partial charge in [-0.15, -0.1) is 0 Å². The first kappa shape index (κ1) is 16.9. The van der Waals surface area contributed by atoms with E-state index in [-0.39, 0.29) is 25.1 Å². The van der Waals surface area contributed by atoms with E-state index in [0.29, 0.717) is 13.2 Å². The molecule has 6 heteroatoms. The van der Waals surface area contributed by atoms with Crippen LogP contribution in [0.4, 0.5) is 0 Å². The average Bonchev–Trinajstić information content (AvgIpc) is 2.85. The van der Waals surface area contributed by atoms with Gasteiger partial charge in [-0.3, -0.25) is 4.79 Å². The molecule has 0 spiro atoms. The van der Waals surface area contributed by atoms with Crippen LogP contribution in [0.5, 0.6) is 0 Å². The summed E-state index contributed by atoms with van der Waals surface area (Å²) in [5, 5.41) is 16.2. The number of hydrogen-bond donors (Lipinski definition) is 3. The summed E-state index contributed by atoms with van der Waals surface area (Å²) >= 11 is 0. The average molecular weight is 308 g/mol. The molecule has 0 unspecified atom stereocenters. The van der Waals surface area contributed by atoms with Crippen LogP contribution in [-0.2, 0) is 20.8 Å². The number of rotatable bonds is 7. The van der Waals surface area contributed by atoms with Gasteiger partial charge in [0.25, 0.3) is 0 Å². The van der Waals surface area contributed by atoms with E-state index in [2.05, 4.69) is 34.9 Å². The first-order chi connectivity index (χ1) is 10.6. The molecule has 3 N–H and O–H groups in total. The number of aliphatic hydroxyl groups excluding tert-OH is 1. The van der Waals surface area contributed by atoms with Crippen molar-refractivity contribution in [1.82, 2.24) is 10.6 Å². The van der Waals surface area contributed by atoms with Crippen molar-refractivity contribution in [3.8, 4) is 0 Å². The molecule has 3 atom stereocenters. The van der Waals surface area contributed by atoms with Gasteiger partial charge in [0.15, 0.2) is 0 Å². The molecule has 0 aromatic heterocycles. The summed E-state index contributed by atoms with van der Waals surface area (Å²) < 4.78 is 10.3. The molecule has 1 fully saturated rings. The van der Waals surface area contributed by atoms with E-state index in [0.717, 1.165) is 5.56 Å². The highest BCUT2D eigenvalue weighted by atomic mass is 16.5. The zero-order valence-electron chi connectivity index (χ0n) is 13.0. The van der Waals surface area contributed by atoms with Crippen molar-refractivity contribution in [2.24, 2.45) is 0 Å². The van der Waals surface area contributed by atoms with E-state index in [1.807, 2.05) is 6.92 Å². The minimum absolute atomic E-state index is 0.0118. The fourth-order valence-electron chi connectivity index (χ4n) is 2.39. The van der Waals surface area contributed by atoms with Crippen molar-refractivity contribution in [2.75, 3.05) is 26.9 Å². The SMILES string of the molecule is COCC(=O)NC[C@H]1OC[C@@H](NCc2ccc(C)cc2)[C@@H]1O. The first-order valence-electron chi connectivity index (χ1n) is 7.44. The smallest absolute Gasteiger partial charge is 0.246 e. The number of methoxy groups -OCH3 is 1. The molecule has 1 heterocycles. The van der Waals surface area contributed by atoms with Crippen LogP contribution in [0, 0.1) is 6.92 Å². The second-order valence-electron chi connectivity index (χ2n) is 5.57. The fourth-order valence-corrected chi connectivity index (χ4v) is 2.39. The summed E-state index contributed by atoms with van der Waals surface area (Å²) in [6.45, 7) is 3.45. The highest BCUT2D eigenvalue weighted by Crippen LogP contribution is 2.14. The molecule has 1 saturated heterocycles. The molecular weight excluding hydrogens is 284 g/mol. The van der Waals surface area contributed by atoms with Gasteiger partial charge in [-0.1, -0.05) is 29.8 Å². The van der Waals surface area contributed by atoms with E-state index in [1.165, 1.54) is 12.7 Å². The molecule has 1 aliphatic rings. The van der Waals surface area contributed by atoms with E-state index in [4.69, 9.17) is 9.47 Å². The lowest BCUT2D eigenvalue weighted by atomic mass is 10.1. The molecule has 2 rings (SSSR count).